The maximum absolute atomic E-state index is 11.0. The predicted octanol–water partition coefficient (Wildman–Crippen LogP) is 2.05. The molecular formula is C11H10BrNO7. The van der Waals surface area contributed by atoms with E-state index in [1.165, 1.54) is 18.2 Å². The van der Waals surface area contributed by atoms with Crippen LogP contribution in [0.3, 0.4) is 0 Å². The zero-order valence-electron chi connectivity index (χ0n) is 9.98. The second kappa shape index (κ2) is 6.85. The van der Waals surface area contributed by atoms with Gasteiger partial charge in [0, 0.05) is 23.4 Å². The standard InChI is InChI=1S/C11H10BrNO7/c12-6-1-2-8(7(5-6)13(18)19)20-9(11(16)17)3-4-10(14)15/h1-2,5,9H,3-4H2,(H,14,15)(H,16,17)/t9-/m0/s1. The molecule has 0 aliphatic rings. The maximum Gasteiger partial charge on any atom is 0.344 e. The van der Waals surface area contributed by atoms with Gasteiger partial charge in [0.25, 0.3) is 0 Å². The summed E-state index contributed by atoms with van der Waals surface area (Å²) in [4.78, 5) is 31.5. The lowest BCUT2D eigenvalue weighted by Gasteiger charge is -2.14. The number of carboxylic acids is 2. The molecule has 0 aliphatic heterocycles. The first-order valence-electron chi connectivity index (χ1n) is 5.36. The summed E-state index contributed by atoms with van der Waals surface area (Å²) in [6, 6.07) is 3.88. The monoisotopic (exact) mass is 347 g/mol. The molecule has 0 aliphatic carbocycles. The van der Waals surface area contributed by atoms with Crippen molar-refractivity contribution in [3.8, 4) is 5.75 Å². The highest BCUT2D eigenvalue weighted by molar-refractivity contribution is 9.10. The first-order valence-corrected chi connectivity index (χ1v) is 6.15. The van der Waals surface area contributed by atoms with Crippen molar-refractivity contribution in [1.29, 1.82) is 0 Å². The van der Waals surface area contributed by atoms with Crippen molar-refractivity contribution in [2.24, 2.45) is 0 Å². The molecule has 20 heavy (non-hydrogen) atoms. The van der Waals surface area contributed by atoms with Gasteiger partial charge in [-0.1, -0.05) is 15.9 Å². The van der Waals surface area contributed by atoms with E-state index in [0.717, 1.165) is 0 Å². The number of benzene rings is 1. The normalized spacial score (nSPS) is 11.7. The van der Waals surface area contributed by atoms with Crippen LogP contribution in [-0.4, -0.2) is 33.2 Å². The van der Waals surface area contributed by atoms with Crippen LogP contribution in [-0.2, 0) is 9.59 Å². The SMILES string of the molecule is O=C(O)CC[C@H](Oc1ccc(Br)cc1[N+](=O)[O-])C(=O)O. The number of rotatable bonds is 7. The Kier molecular flexibility index (Phi) is 5.44. The van der Waals surface area contributed by atoms with Gasteiger partial charge in [-0.3, -0.25) is 14.9 Å². The summed E-state index contributed by atoms with van der Waals surface area (Å²) in [6.45, 7) is 0. The first kappa shape index (κ1) is 15.9. The van der Waals surface area contributed by atoms with E-state index in [-0.39, 0.29) is 12.2 Å². The molecule has 8 nitrogen and oxygen atoms in total. The fourth-order valence-corrected chi connectivity index (χ4v) is 1.72. The predicted molar refractivity (Wildman–Crippen MR) is 69.7 cm³/mol. The van der Waals surface area contributed by atoms with Crippen LogP contribution in [0, 0.1) is 10.1 Å². The molecule has 0 amide bonds. The van der Waals surface area contributed by atoms with E-state index < -0.39 is 35.1 Å². The van der Waals surface area contributed by atoms with Crippen LogP contribution < -0.4 is 4.74 Å². The molecule has 0 spiro atoms. The second-order valence-corrected chi connectivity index (χ2v) is 4.66. The molecule has 0 unspecified atom stereocenters. The number of aliphatic carboxylic acids is 2. The molecular weight excluding hydrogens is 338 g/mol. The minimum atomic E-state index is -1.47. The lowest BCUT2D eigenvalue weighted by atomic mass is 10.2. The van der Waals surface area contributed by atoms with Crippen molar-refractivity contribution >= 4 is 33.6 Å². The van der Waals surface area contributed by atoms with Gasteiger partial charge in [-0.05, 0) is 12.1 Å². The molecule has 0 saturated heterocycles. The summed E-state index contributed by atoms with van der Waals surface area (Å²) in [5, 5.41) is 28.3. The molecule has 0 fully saturated rings. The molecule has 2 N–H and O–H groups in total. The summed E-state index contributed by atoms with van der Waals surface area (Å²) in [6.07, 6.45) is -2.18. The van der Waals surface area contributed by atoms with Crippen LogP contribution in [0.4, 0.5) is 5.69 Å². The molecule has 1 aromatic rings. The van der Waals surface area contributed by atoms with Crippen LogP contribution in [0.2, 0.25) is 0 Å². The Balaban J connectivity index is 2.96. The molecule has 1 rings (SSSR count). The van der Waals surface area contributed by atoms with Gasteiger partial charge in [0.2, 0.25) is 0 Å². The van der Waals surface area contributed by atoms with Crippen LogP contribution in [0.15, 0.2) is 22.7 Å². The number of nitro benzene ring substituents is 1. The number of carboxylic acid groups (broad SMARTS) is 2. The molecule has 9 heteroatoms. The smallest absolute Gasteiger partial charge is 0.344 e. The summed E-state index contributed by atoms with van der Waals surface area (Å²) in [5.74, 6) is -2.79. The molecule has 0 aromatic heterocycles. The van der Waals surface area contributed by atoms with E-state index in [9.17, 15) is 19.7 Å². The number of nitrogens with zero attached hydrogens (tertiary/aromatic N) is 1. The highest BCUT2D eigenvalue weighted by Gasteiger charge is 2.25. The fraction of sp³-hybridized carbons (Fsp3) is 0.273. The third kappa shape index (κ3) is 4.50. The average molecular weight is 348 g/mol. The Morgan fingerprint density at radius 1 is 1.40 bits per heavy atom. The van der Waals surface area contributed by atoms with E-state index in [1.54, 1.807) is 0 Å². The van der Waals surface area contributed by atoms with Gasteiger partial charge in [-0.15, -0.1) is 0 Å². The number of hydrogen-bond acceptors (Lipinski definition) is 5. The van der Waals surface area contributed by atoms with Crippen LogP contribution in [0.5, 0.6) is 5.75 Å². The van der Waals surface area contributed by atoms with E-state index in [2.05, 4.69) is 15.9 Å². The van der Waals surface area contributed by atoms with Crippen molar-refractivity contribution in [2.75, 3.05) is 0 Å². The van der Waals surface area contributed by atoms with Gasteiger partial charge in [0.05, 0.1) is 4.92 Å². The van der Waals surface area contributed by atoms with Crippen molar-refractivity contribution in [3.05, 3.63) is 32.8 Å². The molecule has 1 aromatic carbocycles. The van der Waals surface area contributed by atoms with Crippen LogP contribution in [0.25, 0.3) is 0 Å². The number of ether oxygens (including phenoxy) is 1. The molecule has 0 saturated carbocycles. The Morgan fingerprint density at radius 3 is 2.55 bits per heavy atom. The Hall–Kier alpha value is -2.16. The maximum atomic E-state index is 11.0. The number of carbonyl (C=O) groups is 2. The van der Waals surface area contributed by atoms with Crippen molar-refractivity contribution in [3.63, 3.8) is 0 Å². The van der Waals surface area contributed by atoms with Crippen molar-refractivity contribution < 1.29 is 29.5 Å². The molecule has 0 radical (unpaired) electrons. The zero-order valence-corrected chi connectivity index (χ0v) is 11.6. The lowest BCUT2D eigenvalue weighted by Crippen LogP contribution is -2.28. The van der Waals surface area contributed by atoms with E-state index >= 15 is 0 Å². The average Bonchev–Trinajstić information content (AvgIpc) is 2.35. The highest BCUT2D eigenvalue weighted by atomic mass is 79.9. The fourth-order valence-electron chi connectivity index (χ4n) is 1.37. The summed E-state index contributed by atoms with van der Waals surface area (Å²) in [5.41, 5.74) is -0.402. The van der Waals surface area contributed by atoms with Crippen molar-refractivity contribution in [2.45, 2.75) is 18.9 Å². The minimum Gasteiger partial charge on any atom is -0.481 e. The lowest BCUT2D eigenvalue weighted by molar-refractivity contribution is -0.386. The van der Waals surface area contributed by atoms with E-state index in [4.69, 9.17) is 14.9 Å². The quantitative estimate of drug-likeness (QED) is 0.570. The van der Waals surface area contributed by atoms with Gasteiger partial charge in [-0.25, -0.2) is 4.79 Å². The number of nitro groups is 1. The third-order valence-corrected chi connectivity index (χ3v) is 2.78. The highest BCUT2D eigenvalue weighted by Crippen LogP contribution is 2.31. The minimum absolute atomic E-state index is 0.226. The van der Waals surface area contributed by atoms with E-state index in [1.807, 2.05) is 0 Å². The van der Waals surface area contributed by atoms with Crippen LogP contribution >= 0.6 is 15.9 Å². The number of halogens is 1. The van der Waals surface area contributed by atoms with E-state index in [0.29, 0.717) is 4.47 Å². The Labute approximate surface area is 121 Å². The summed E-state index contributed by atoms with van der Waals surface area (Å²) in [7, 11) is 0. The Bertz CT molecular complexity index is 546. The van der Waals surface area contributed by atoms with Crippen molar-refractivity contribution in [1.82, 2.24) is 0 Å². The first-order chi connectivity index (χ1) is 9.31. The molecule has 0 heterocycles. The second-order valence-electron chi connectivity index (χ2n) is 3.75. The van der Waals surface area contributed by atoms with Crippen LogP contribution in [0.1, 0.15) is 12.8 Å². The molecule has 108 valence electrons. The zero-order chi connectivity index (χ0) is 15.3. The van der Waals surface area contributed by atoms with Gasteiger partial charge in [0.1, 0.15) is 0 Å². The van der Waals surface area contributed by atoms with Gasteiger partial charge >= 0.3 is 17.6 Å². The van der Waals surface area contributed by atoms with Gasteiger partial charge in [0.15, 0.2) is 11.9 Å². The Morgan fingerprint density at radius 2 is 2.05 bits per heavy atom. The topological polar surface area (TPSA) is 127 Å². The largest absolute Gasteiger partial charge is 0.481 e. The third-order valence-electron chi connectivity index (χ3n) is 2.28. The van der Waals surface area contributed by atoms with Gasteiger partial charge in [-0.2, -0.15) is 0 Å². The summed E-state index contributed by atoms with van der Waals surface area (Å²) >= 11 is 3.06. The summed E-state index contributed by atoms with van der Waals surface area (Å²) < 4.78 is 5.49. The molecule has 1 atom stereocenters. The number of hydrogen-bond donors (Lipinski definition) is 2. The molecule has 0 bridgehead atoms. The van der Waals surface area contributed by atoms with Gasteiger partial charge < -0.3 is 14.9 Å².